The van der Waals surface area contributed by atoms with Gasteiger partial charge in [-0.2, -0.15) is 8.42 Å². The van der Waals surface area contributed by atoms with Crippen molar-refractivity contribution in [3.8, 4) is 0 Å². The van der Waals surface area contributed by atoms with Crippen molar-refractivity contribution in [1.29, 1.82) is 0 Å². The van der Waals surface area contributed by atoms with E-state index in [0.717, 1.165) is 19.4 Å². The first-order chi connectivity index (χ1) is 12.8. The fourth-order valence-corrected chi connectivity index (χ4v) is 3.03. The summed E-state index contributed by atoms with van der Waals surface area (Å²) >= 11 is 0. The van der Waals surface area contributed by atoms with Crippen molar-refractivity contribution in [1.82, 2.24) is 4.90 Å². The van der Waals surface area contributed by atoms with Crippen molar-refractivity contribution in [2.75, 3.05) is 20.7 Å². The van der Waals surface area contributed by atoms with Gasteiger partial charge in [-0.1, -0.05) is 95.0 Å². The highest BCUT2D eigenvalue weighted by molar-refractivity contribution is 7.80. The number of hydrogen-bond donors (Lipinski definition) is 1. The second kappa shape index (κ2) is 17.2. The van der Waals surface area contributed by atoms with E-state index in [1.165, 1.54) is 50.5 Å². The maximum Gasteiger partial charge on any atom is 0.397 e. The van der Waals surface area contributed by atoms with E-state index in [9.17, 15) is 8.42 Å². The molecule has 1 aromatic rings. The fourth-order valence-electron chi connectivity index (χ4n) is 2.70. The van der Waals surface area contributed by atoms with E-state index in [1.54, 1.807) is 0 Å². The van der Waals surface area contributed by atoms with E-state index < -0.39 is 10.4 Å². The number of rotatable bonds is 14. The van der Waals surface area contributed by atoms with Crippen LogP contribution in [0.15, 0.2) is 30.3 Å². The Morgan fingerprint density at radius 3 is 1.78 bits per heavy atom. The molecule has 0 aliphatic carbocycles. The SMILES string of the molecule is CCCCCCCCCCCCOS(=O)(=O)O.CN(C)Cc1ccccc1. The van der Waals surface area contributed by atoms with E-state index in [0.29, 0.717) is 6.42 Å². The second-order valence-electron chi connectivity index (χ2n) is 7.16. The summed E-state index contributed by atoms with van der Waals surface area (Å²) in [5, 5.41) is 0. The Balaban J connectivity index is 0.000000569. The van der Waals surface area contributed by atoms with Gasteiger partial charge < -0.3 is 4.90 Å². The topological polar surface area (TPSA) is 66.8 Å². The van der Waals surface area contributed by atoms with Gasteiger partial charge in [-0.05, 0) is 26.1 Å². The van der Waals surface area contributed by atoms with Gasteiger partial charge in [-0.15, -0.1) is 0 Å². The van der Waals surface area contributed by atoms with E-state index in [4.69, 9.17) is 4.55 Å². The lowest BCUT2D eigenvalue weighted by molar-refractivity contribution is 0.261. The molecule has 0 amide bonds. The maximum atomic E-state index is 10.2. The smallest absolute Gasteiger partial charge is 0.305 e. The lowest BCUT2D eigenvalue weighted by Crippen LogP contribution is -2.10. The summed E-state index contributed by atoms with van der Waals surface area (Å²) in [6.07, 6.45) is 11.9. The van der Waals surface area contributed by atoms with Crippen LogP contribution in [0.3, 0.4) is 0 Å². The highest BCUT2D eigenvalue weighted by Crippen LogP contribution is 2.10. The zero-order valence-electron chi connectivity index (χ0n) is 17.4. The Morgan fingerprint density at radius 2 is 1.33 bits per heavy atom. The second-order valence-corrected chi connectivity index (χ2v) is 8.25. The van der Waals surface area contributed by atoms with E-state index in [2.05, 4.69) is 54.4 Å². The number of benzene rings is 1. The molecule has 0 aromatic heterocycles. The summed E-state index contributed by atoms with van der Waals surface area (Å²) in [4.78, 5) is 2.16. The molecule has 1 aromatic carbocycles. The van der Waals surface area contributed by atoms with Crippen LogP contribution in [0.2, 0.25) is 0 Å². The van der Waals surface area contributed by atoms with Crippen LogP contribution >= 0.6 is 0 Å². The summed E-state index contributed by atoms with van der Waals surface area (Å²) in [5.41, 5.74) is 1.37. The molecule has 1 rings (SSSR count). The van der Waals surface area contributed by atoms with Gasteiger partial charge in [-0.25, -0.2) is 4.18 Å². The Bertz CT molecular complexity index is 532. The first kappa shape index (κ1) is 26.1. The Kier molecular flexibility index (Phi) is 16.6. The monoisotopic (exact) mass is 401 g/mol. The Morgan fingerprint density at radius 1 is 0.852 bits per heavy atom. The molecular weight excluding hydrogens is 362 g/mol. The van der Waals surface area contributed by atoms with Crippen LogP contribution in [0.1, 0.15) is 76.7 Å². The molecule has 0 heterocycles. The van der Waals surface area contributed by atoms with Gasteiger partial charge in [0.25, 0.3) is 0 Å². The van der Waals surface area contributed by atoms with Crippen LogP contribution in [0.4, 0.5) is 0 Å². The van der Waals surface area contributed by atoms with Crippen molar-refractivity contribution in [2.45, 2.75) is 77.7 Å². The molecule has 0 bridgehead atoms. The summed E-state index contributed by atoms with van der Waals surface area (Å²) in [6, 6.07) is 10.5. The van der Waals surface area contributed by atoms with Gasteiger partial charge in [0.05, 0.1) is 6.61 Å². The molecule has 0 saturated carbocycles. The third kappa shape index (κ3) is 21.2. The third-order valence-electron chi connectivity index (χ3n) is 4.07. The molecule has 0 aliphatic heterocycles. The van der Waals surface area contributed by atoms with Crippen molar-refractivity contribution in [3.63, 3.8) is 0 Å². The van der Waals surface area contributed by atoms with Crippen molar-refractivity contribution in [3.05, 3.63) is 35.9 Å². The molecule has 0 aliphatic rings. The lowest BCUT2D eigenvalue weighted by Gasteiger charge is -2.08. The normalized spacial score (nSPS) is 11.3. The average molecular weight is 402 g/mol. The molecule has 0 atom stereocenters. The molecule has 0 radical (unpaired) electrons. The van der Waals surface area contributed by atoms with Crippen LogP contribution in [0, 0.1) is 0 Å². The largest absolute Gasteiger partial charge is 0.397 e. The zero-order valence-corrected chi connectivity index (χ0v) is 18.2. The van der Waals surface area contributed by atoms with Gasteiger partial charge in [-0.3, -0.25) is 4.55 Å². The zero-order chi connectivity index (χ0) is 20.4. The summed E-state index contributed by atoms with van der Waals surface area (Å²) < 4.78 is 33.0. The van der Waals surface area contributed by atoms with Crippen molar-refractivity contribution in [2.24, 2.45) is 0 Å². The maximum absolute atomic E-state index is 10.2. The Hall–Kier alpha value is -0.950. The predicted molar refractivity (Wildman–Crippen MR) is 113 cm³/mol. The molecule has 158 valence electrons. The number of nitrogens with zero attached hydrogens (tertiary/aromatic N) is 1. The quantitative estimate of drug-likeness (QED) is 0.330. The molecule has 5 nitrogen and oxygen atoms in total. The van der Waals surface area contributed by atoms with Gasteiger partial charge in [0.15, 0.2) is 0 Å². The van der Waals surface area contributed by atoms with Crippen molar-refractivity contribution >= 4 is 10.4 Å². The minimum Gasteiger partial charge on any atom is -0.305 e. The van der Waals surface area contributed by atoms with Gasteiger partial charge in [0.1, 0.15) is 0 Å². The van der Waals surface area contributed by atoms with Crippen molar-refractivity contribution < 1.29 is 17.2 Å². The predicted octanol–water partition coefficient (Wildman–Crippen LogP) is 5.47. The standard InChI is InChI=1S/C12H26O4S.C9H13N/c1-2-3-4-5-6-7-8-9-10-11-12-16-17(13,14)15;1-10(2)8-9-6-4-3-5-7-9/h2-12H2,1H3,(H,13,14,15);3-7H,8H2,1-2H3. The van der Waals surface area contributed by atoms with Crippen LogP contribution in [0.25, 0.3) is 0 Å². The molecule has 0 spiro atoms. The highest BCUT2D eigenvalue weighted by atomic mass is 32.3. The molecule has 0 unspecified atom stereocenters. The van der Waals surface area contributed by atoms with Crippen LogP contribution in [-0.4, -0.2) is 38.6 Å². The number of unbranched alkanes of at least 4 members (excludes halogenated alkanes) is 9. The van der Waals surface area contributed by atoms with Gasteiger partial charge in [0, 0.05) is 6.54 Å². The minimum absolute atomic E-state index is 0.0926. The molecule has 0 saturated heterocycles. The molecule has 27 heavy (non-hydrogen) atoms. The first-order valence-electron chi connectivity index (χ1n) is 10.2. The van der Waals surface area contributed by atoms with E-state index >= 15 is 0 Å². The van der Waals surface area contributed by atoms with Gasteiger partial charge in [0.2, 0.25) is 0 Å². The first-order valence-corrected chi connectivity index (χ1v) is 11.5. The minimum atomic E-state index is -4.23. The Labute approximate surface area is 167 Å². The number of hydrogen-bond acceptors (Lipinski definition) is 4. The van der Waals surface area contributed by atoms with Gasteiger partial charge >= 0.3 is 10.4 Å². The lowest BCUT2D eigenvalue weighted by atomic mass is 10.1. The fraction of sp³-hybridized carbons (Fsp3) is 0.714. The molecule has 0 fully saturated rings. The van der Waals surface area contributed by atoms with E-state index in [1.807, 2.05) is 6.07 Å². The average Bonchev–Trinajstić information content (AvgIpc) is 2.60. The third-order valence-corrected chi connectivity index (χ3v) is 4.54. The molecule has 6 heteroatoms. The summed E-state index contributed by atoms with van der Waals surface area (Å²) in [6.45, 7) is 3.34. The molecular formula is C21H39NO4S. The highest BCUT2D eigenvalue weighted by Gasteiger charge is 2.02. The summed E-state index contributed by atoms with van der Waals surface area (Å²) in [7, 11) is -0.0816. The summed E-state index contributed by atoms with van der Waals surface area (Å²) in [5.74, 6) is 0. The molecule has 1 N–H and O–H groups in total. The van der Waals surface area contributed by atoms with Crippen LogP contribution in [-0.2, 0) is 21.1 Å². The van der Waals surface area contributed by atoms with Crippen LogP contribution < -0.4 is 0 Å². The van der Waals surface area contributed by atoms with Crippen LogP contribution in [0.5, 0.6) is 0 Å². The van der Waals surface area contributed by atoms with E-state index in [-0.39, 0.29) is 6.61 Å².